The number of aryl methyl sites for hydroxylation is 1. The quantitative estimate of drug-likeness (QED) is 0.487. The molecule has 1 N–H and O–H groups in total. The molecule has 2 nitrogen and oxygen atoms in total. The number of fused-ring (bicyclic) bond motifs is 2. The molecule has 0 bridgehead atoms. The van der Waals surface area contributed by atoms with Crippen molar-refractivity contribution in [1.82, 2.24) is 9.97 Å². The van der Waals surface area contributed by atoms with Crippen molar-refractivity contribution in [3.05, 3.63) is 78.6 Å². The third-order valence-electron chi connectivity index (χ3n) is 3.31. The number of aromatic nitrogens is 2. The average molecular weight is 260 g/mol. The van der Waals surface area contributed by atoms with Crippen molar-refractivity contribution in [2.75, 3.05) is 0 Å². The van der Waals surface area contributed by atoms with Crippen LogP contribution in [0.2, 0.25) is 0 Å². The summed E-state index contributed by atoms with van der Waals surface area (Å²) in [5.41, 5.74) is 3.60. The highest BCUT2D eigenvalue weighted by Gasteiger charge is 1.94. The maximum atomic E-state index is 4.18. The monoisotopic (exact) mass is 260 g/mol. The molecule has 0 fully saturated rings. The van der Waals surface area contributed by atoms with Crippen LogP contribution in [-0.4, -0.2) is 9.97 Å². The zero-order chi connectivity index (χ0) is 13.8. The van der Waals surface area contributed by atoms with Crippen LogP contribution in [-0.2, 0) is 0 Å². The lowest BCUT2D eigenvalue weighted by Crippen LogP contribution is -1.73. The minimum absolute atomic E-state index is 1.06. The van der Waals surface area contributed by atoms with Crippen LogP contribution in [0, 0.1) is 6.92 Å². The summed E-state index contributed by atoms with van der Waals surface area (Å²) in [6.07, 6.45) is 3.84. The number of rotatable bonds is 0. The second kappa shape index (κ2) is 5.57. The molecule has 0 spiro atoms. The standard InChI is InChI=1S/C9H9N.C9H7N/c1-7-6-10-9-5-3-2-4-8(7)9;1-2-6-9-8(4-1)5-3-7-10-9/h2-6,10H,1H3;1-7H. The summed E-state index contributed by atoms with van der Waals surface area (Å²) in [7, 11) is 0. The number of H-pyrrole nitrogens is 1. The smallest absolute Gasteiger partial charge is 0.0701 e. The fraction of sp³-hybridized carbons (Fsp3) is 0.0556. The Balaban J connectivity index is 0.000000121. The molecule has 0 amide bonds. The zero-order valence-electron chi connectivity index (χ0n) is 11.4. The molecule has 2 heterocycles. The first-order valence-electron chi connectivity index (χ1n) is 6.67. The molecule has 0 aliphatic carbocycles. The Morgan fingerprint density at radius 1 is 0.850 bits per heavy atom. The van der Waals surface area contributed by atoms with Gasteiger partial charge in [0.15, 0.2) is 0 Å². The van der Waals surface area contributed by atoms with Gasteiger partial charge in [-0.15, -0.1) is 0 Å². The largest absolute Gasteiger partial charge is 0.361 e. The van der Waals surface area contributed by atoms with Gasteiger partial charge in [-0.3, -0.25) is 4.98 Å². The van der Waals surface area contributed by atoms with E-state index in [2.05, 4.69) is 47.2 Å². The molecule has 0 saturated heterocycles. The molecular weight excluding hydrogens is 244 g/mol. The molecule has 20 heavy (non-hydrogen) atoms. The highest BCUT2D eigenvalue weighted by atomic mass is 14.7. The highest BCUT2D eigenvalue weighted by Crippen LogP contribution is 2.15. The predicted molar refractivity (Wildman–Crippen MR) is 84.8 cm³/mol. The van der Waals surface area contributed by atoms with Gasteiger partial charge in [0.1, 0.15) is 0 Å². The first-order valence-corrected chi connectivity index (χ1v) is 6.67. The van der Waals surface area contributed by atoms with Crippen LogP contribution in [0.1, 0.15) is 5.56 Å². The van der Waals surface area contributed by atoms with Crippen molar-refractivity contribution >= 4 is 21.8 Å². The Hall–Kier alpha value is -2.61. The summed E-state index contributed by atoms with van der Waals surface area (Å²) in [5.74, 6) is 0. The van der Waals surface area contributed by atoms with Crippen molar-refractivity contribution in [3.8, 4) is 0 Å². The van der Waals surface area contributed by atoms with Crippen LogP contribution < -0.4 is 0 Å². The van der Waals surface area contributed by atoms with E-state index < -0.39 is 0 Å². The number of aromatic amines is 1. The molecule has 0 unspecified atom stereocenters. The van der Waals surface area contributed by atoms with Gasteiger partial charge in [0.05, 0.1) is 5.52 Å². The molecule has 0 aliphatic heterocycles. The van der Waals surface area contributed by atoms with E-state index in [9.17, 15) is 0 Å². The number of hydrogen-bond donors (Lipinski definition) is 1. The third-order valence-corrected chi connectivity index (χ3v) is 3.31. The summed E-state index contributed by atoms with van der Waals surface area (Å²) in [4.78, 5) is 7.37. The van der Waals surface area contributed by atoms with Crippen molar-refractivity contribution < 1.29 is 0 Å². The van der Waals surface area contributed by atoms with Crippen LogP contribution in [0.15, 0.2) is 73.1 Å². The Bertz CT molecular complexity index is 765. The van der Waals surface area contributed by atoms with Crippen LogP contribution in [0.4, 0.5) is 0 Å². The van der Waals surface area contributed by atoms with Crippen LogP contribution in [0.3, 0.4) is 0 Å². The molecule has 0 saturated carbocycles. The normalized spacial score (nSPS) is 10.2. The number of benzene rings is 2. The maximum absolute atomic E-state index is 4.18. The summed E-state index contributed by atoms with van der Waals surface area (Å²) in [6, 6.07) is 20.4. The van der Waals surface area contributed by atoms with Gasteiger partial charge in [0.25, 0.3) is 0 Å². The van der Waals surface area contributed by atoms with Gasteiger partial charge in [0, 0.05) is 28.7 Å². The number of nitrogens with one attached hydrogen (secondary N) is 1. The van der Waals surface area contributed by atoms with E-state index in [4.69, 9.17) is 0 Å². The summed E-state index contributed by atoms with van der Waals surface area (Å²) >= 11 is 0. The number of nitrogens with zero attached hydrogens (tertiary/aromatic N) is 1. The van der Waals surface area contributed by atoms with Crippen LogP contribution in [0.25, 0.3) is 21.8 Å². The summed E-state index contributed by atoms with van der Waals surface area (Å²) in [5, 5.41) is 2.52. The van der Waals surface area contributed by atoms with E-state index in [1.54, 1.807) is 0 Å². The Labute approximate surface area is 118 Å². The van der Waals surface area contributed by atoms with E-state index >= 15 is 0 Å². The molecule has 4 rings (SSSR count). The topological polar surface area (TPSA) is 28.7 Å². The van der Waals surface area contributed by atoms with Gasteiger partial charge in [-0.1, -0.05) is 42.5 Å². The Morgan fingerprint density at radius 3 is 2.45 bits per heavy atom. The fourth-order valence-electron chi connectivity index (χ4n) is 2.23. The summed E-state index contributed by atoms with van der Waals surface area (Å²) < 4.78 is 0. The fourth-order valence-corrected chi connectivity index (χ4v) is 2.23. The average Bonchev–Trinajstić information content (AvgIpc) is 2.90. The highest BCUT2D eigenvalue weighted by molar-refractivity contribution is 5.82. The van der Waals surface area contributed by atoms with E-state index in [0.717, 1.165) is 5.52 Å². The van der Waals surface area contributed by atoms with Crippen molar-refractivity contribution in [2.45, 2.75) is 6.92 Å². The van der Waals surface area contributed by atoms with Crippen molar-refractivity contribution in [3.63, 3.8) is 0 Å². The van der Waals surface area contributed by atoms with E-state index in [1.807, 2.05) is 42.7 Å². The van der Waals surface area contributed by atoms with Gasteiger partial charge < -0.3 is 4.98 Å². The van der Waals surface area contributed by atoms with Gasteiger partial charge >= 0.3 is 0 Å². The van der Waals surface area contributed by atoms with Gasteiger partial charge in [-0.05, 0) is 30.7 Å². The van der Waals surface area contributed by atoms with Crippen LogP contribution in [0.5, 0.6) is 0 Å². The van der Waals surface area contributed by atoms with E-state index in [1.165, 1.54) is 21.9 Å². The Morgan fingerprint density at radius 2 is 1.60 bits per heavy atom. The van der Waals surface area contributed by atoms with Gasteiger partial charge in [0.2, 0.25) is 0 Å². The SMILES string of the molecule is Cc1c[nH]c2ccccc12.c1ccc2ncccc2c1. The van der Waals surface area contributed by atoms with E-state index in [0.29, 0.717) is 0 Å². The molecule has 2 aromatic carbocycles. The second-order valence-electron chi connectivity index (χ2n) is 4.71. The maximum Gasteiger partial charge on any atom is 0.0701 e. The summed E-state index contributed by atoms with van der Waals surface area (Å²) in [6.45, 7) is 2.11. The molecule has 0 atom stereocenters. The van der Waals surface area contributed by atoms with Crippen molar-refractivity contribution in [2.24, 2.45) is 0 Å². The zero-order valence-corrected chi connectivity index (χ0v) is 11.4. The first-order chi connectivity index (χ1) is 9.84. The number of pyridine rings is 1. The third kappa shape index (κ3) is 2.54. The molecule has 98 valence electrons. The molecule has 2 aromatic heterocycles. The lowest BCUT2D eigenvalue weighted by molar-refractivity contribution is 1.41. The minimum Gasteiger partial charge on any atom is -0.361 e. The molecule has 4 aromatic rings. The number of hydrogen-bond acceptors (Lipinski definition) is 1. The second-order valence-corrected chi connectivity index (χ2v) is 4.71. The molecule has 0 radical (unpaired) electrons. The van der Waals surface area contributed by atoms with E-state index in [-0.39, 0.29) is 0 Å². The molecular formula is C18H16N2. The molecule has 0 aliphatic rings. The van der Waals surface area contributed by atoms with Gasteiger partial charge in [-0.2, -0.15) is 0 Å². The predicted octanol–water partition coefficient (Wildman–Crippen LogP) is 4.71. The Kier molecular flexibility index (Phi) is 3.46. The number of para-hydroxylation sites is 2. The minimum atomic E-state index is 1.06. The van der Waals surface area contributed by atoms with Gasteiger partial charge in [-0.25, -0.2) is 0 Å². The van der Waals surface area contributed by atoms with Crippen LogP contribution >= 0.6 is 0 Å². The molecule has 2 heteroatoms. The lowest BCUT2D eigenvalue weighted by atomic mass is 10.2. The lowest BCUT2D eigenvalue weighted by Gasteiger charge is -1.91. The van der Waals surface area contributed by atoms with Crippen molar-refractivity contribution in [1.29, 1.82) is 0 Å². The first kappa shape index (κ1) is 12.4.